The van der Waals surface area contributed by atoms with E-state index in [1.807, 2.05) is 13.8 Å². The zero-order valence-electron chi connectivity index (χ0n) is 10.1. The van der Waals surface area contributed by atoms with E-state index >= 15 is 0 Å². The van der Waals surface area contributed by atoms with E-state index in [4.69, 9.17) is 5.73 Å². The van der Waals surface area contributed by atoms with Crippen molar-refractivity contribution >= 4 is 0 Å². The lowest BCUT2D eigenvalue weighted by Gasteiger charge is -2.25. The average Bonchev–Trinajstić information content (AvgIpc) is 2.12. The Morgan fingerprint density at radius 2 is 2.06 bits per heavy atom. The summed E-state index contributed by atoms with van der Waals surface area (Å²) in [5, 5.41) is 0. The maximum atomic E-state index is 5.84. The van der Waals surface area contributed by atoms with Crippen LogP contribution in [0, 0.1) is 11.8 Å². The van der Waals surface area contributed by atoms with Crippen molar-refractivity contribution in [3.8, 4) is 11.8 Å². The van der Waals surface area contributed by atoms with E-state index in [0.29, 0.717) is 0 Å². The first-order valence-corrected chi connectivity index (χ1v) is 5.97. The van der Waals surface area contributed by atoms with Crippen molar-refractivity contribution in [1.29, 1.82) is 0 Å². The molecule has 1 aliphatic rings. The molecule has 1 heteroatoms. The number of nitrogens with two attached hydrogens (primary N) is 1. The lowest BCUT2D eigenvalue weighted by Crippen LogP contribution is -2.29. The molecule has 1 aromatic rings. The molecule has 1 aliphatic carbocycles. The molecule has 1 aromatic carbocycles. The Labute approximate surface area is 98.0 Å². The second-order valence-corrected chi connectivity index (χ2v) is 5.22. The van der Waals surface area contributed by atoms with Gasteiger partial charge < -0.3 is 5.73 Å². The van der Waals surface area contributed by atoms with Gasteiger partial charge in [0.05, 0.1) is 5.54 Å². The lowest BCUT2D eigenvalue weighted by molar-refractivity contribution is 0.420. The first-order chi connectivity index (χ1) is 7.54. The molecule has 84 valence electrons. The lowest BCUT2D eigenvalue weighted by atomic mass is 9.80. The smallest absolute Gasteiger partial charge is 0.0722 e. The minimum atomic E-state index is -0.410. The third kappa shape index (κ3) is 2.87. The van der Waals surface area contributed by atoms with E-state index in [2.05, 4.69) is 36.1 Å². The van der Waals surface area contributed by atoms with Gasteiger partial charge in [-0.15, -0.1) is 0 Å². The van der Waals surface area contributed by atoms with E-state index in [1.165, 1.54) is 24.8 Å². The van der Waals surface area contributed by atoms with Crippen molar-refractivity contribution in [3.05, 3.63) is 35.4 Å². The maximum absolute atomic E-state index is 5.84. The molecular formula is C15H19N. The van der Waals surface area contributed by atoms with E-state index in [1.54, 1.807) is 0 Å². The normalized spacial score (nSPS) is 16.2. The Hall–Kier alpha value is -1.26. The molecule has 2 N–H and O–H groups in total. The molecule has 0 radical (unpaired) electrons. The standard InChI is InChI=1S/C15H19N/c1-15(2,16)10-9-12-5-3-8-14(11-12)13-6-4-7-13/h3,5,8,11,13H,4,6-7,16H2,1-2H3. The highest BCUT2D eigenvalue weighted by Crippen LogP contribution is 2.36. The van der Waals surface area contributed by atoms with Gasteiger partial charge in [-0.1, -0.05) is 30.4 Å². The van der Waals surface area contributed by atoms with E-state index < -0.39 is 5.54 Å². The second-order valence-electron chi connectivity index (χ2n) is 5.22. The van der Waals surface area contributed by atoms with Gasteiger partial charge in [0.1, 0.15) is 0 Å². The Kier molecular flexibility index (Phi) is 3.03. The molecule has 0 heterocycles. The van der Waals surface area contributed by atoms with Gasteiger partial charge in [0.2, 0.25) is 0 Å². The number of hydrogen-bond donors (Lipinski definition) is 1. The van der Waals surface area contributed by atoms with Crippen LogP contribution in [0.3, 0.4) is 0 Å². The quantitative estimate of drug-likeness (QED) is 0.713. The van der Waals surface area contributed by atoms with Gasteiger partial charge >= 0.3 is 0 Å². The maximum Gasteiger partial charge on any atom is 0.0722 e. The van der Waals surface area contributed by atoms with Crippen LogP contribution >= 0.6 is 0 Å². The van der Waals surface area contributed by atoms with Gasteiger partial charge in [0.25, 0.3) is 0 Å². The van der Waals surface area contributed by atoms with Crippen LogP contribution in [0.2, 0.25) is 0 Å². The Morgan fingerprint density at radius 3 is 2.62 bits per heavy atom. The molecule has 0 atom stereocenters. The van der Waals surface area contributed by atoms with Gasteiger partial charge in [-0.3, -0.25) is 0 Å². The van der Waals surface area contributed by atoms with Gasteiger partial charge in [-0.25, -0.2) is 0 Å². The predicted molar refractivity (Wildman–Crippen MR) is 68.2 cm³/mol. The monoisotopic (exact) mass is 213 g/mol. The third-order valence-corrected chi connectivity index (χ3v) is 2.99. The molecule has 16 heavy (non-hydrogen) atoms. The molecule has 2 rings (SSSR count). The second kappa shape index (κ2) is 4.31. The van der Waals surface area contributed by atoms with Crippen molar-refractivity contribution in [2.24, 2.45) is 5.73 Å². The fourth-order valence-electron chi connectivity index (χ4n) is 1.85. The van der Waals surface area contributed by atoms with E-state index in [-0.39, 0.29) is 0 Å². The van der Waals surface area contributed by atoms with Crippen LogP contribution in [-0.2, 0) is 0 Å². The average molecular weight is 213 g/mol. The fourth-order valence-corrected chi connectivity index (χ4v) is 1.85. The predicted octanol–water partition coefficient (Wildman–Crippen LogP) is 3.04. The zero-order valence-corrected chi connectivity index (χ0v) is 10.1. The molecule has 0 bridgehead atoms. The molecule has 0 amide bonds. The van der Waals surface area contributed by atoms with E-state index in [0.717, 1.165) is 11.5 Å². The van der Waals surface area contributed by atoms with Gasteiger partial charge in [-0.2, -0.15) is 0 Å². The Bertz CT molecular complexity index is 425. The first kappa shape index (κ1) is 11.2. The SMILES string of the molecule is CC(C)(N)C#Cc1cccc(C2CCC2)c1. The Morgan fingerprint density at radius 1 is 1.31 bits per heavy atom. The summed E-state index contributed by atoms with van der Waals surface area (Å²) in [5.74, 6) is 6.99. The highest BCUT2D eigenvalue weighted by molar-refractivity contribution is 5.40. The summed E-state index contributed by atoms with van der Waals surface area (Å²) in [7, 11) is 0. The van der Waals surface area contributed by atoms with Crippen molar-refractivity contribution < 1.29 is 0 Å². The highest BCUT2D eigenvalue weighted by Gasteiger charge is 2.19. The summed E-state index contributed by atoms with van der Waals surface area (Å²) in [6, 6.07) is 8.58. The number of rotatable bonds is 1. The van der Waals surface area contributed by atoms with Crippen LogP contribution in [0.5, 0.6) is 0 Å². The third-order valence-electron chi connectivity index (χ3n) is 2.99. The topological polar surface area (TPSA) is 26.0 Å². The van der Waals surface area contributed by atoms with Crippen molar-refractivity contribution in [2.75, 3.05) is 0 Å². The summed E-state index contributed by atoms with van der Waals surface area (Å²) < 4.78 is 0. The van der Waals surface area contributed by atoms with Gasteiger partial charge in [-0.05, 0) is 50.3 Å². The van der Waals surface area contributed by atoms with Crippen LogP contribution in [0.4, 0.5) is 0 Å². The molecule has 0 unspecified atom stereocenters. The van der Waals surface area contributed by atoms with Crippen LogP contribution in [0.15, 0.2) is 24.3 Å². The first-order valence-electron chi connectivity index (χ1n) is 5.97. The summed E-state index contributed by atoms with van der Waals surface area (Å²) in [5.41, 5.74) is 7.96. The fraction of sp³-hybridized carbons (Fsp3) is 0.467. The summed E-state index contributed by atoms with van der Waals surface area (Å²) in [6.45, 7) is 3.85. The minimum Gasteiger partial charge on any atom is -0.316 e. The molecular weight excluding hydrogens is 194 g/mol. The molecule has 0 spiro atoms. The summed E-state index contributed by atoms with van der Waals surface area (Å²) >= 11 is 0. The van der Waals surface area contributed by atoms with Crippen molar-refractivity contribution in [1.82, 2.24) is 0 Å². The minimum absolute atomic E-state index is 0.410. The van der Waals surface area contributed by atoms with Gasteiger partial charge in [0.15, 0.2) is 0 Å². The largest absolute Gasteiger partial charge is 0.316 e. The zero-order chi connectivity index (χ0) is 11.6. The van der Waals surface area contributed by atoms with Gasteiger partial charge in [0, 0.05) is 5.56 Å². The molecule has 1 fully saturated rings. The molecule has 0 aromatic heterocycles. The molecule has 0 saturated heterocycles. The van der Waals surface area contributed by atoms with Crippen LogP contribution in [-0.4, -0.2) is 5.54 Å². The van der Waals surface area contributed by atoms with Crippen LogP contribution in [0.1, 0.15) is 50.2 Å². The molecule has 1 saturated carbocycles. The summed E-state index contributed by atoms with van der Waals surface area (Å²) in [6.07, 6.45) is 4.04. The van der Waals surface area contributed by atoms with Crippen LogP contribution < -0.4 is 5.73 Å². The number of benzene rings is 1. The Balaban J connectivity index is 2.18. The molecule has 1 nitrogen and oxygen atoms in total. The van der Waals surface area contributed by atoms with Crippen molar-refractivity contribution in [3.63, 3.8) is 0 Å². The highest BCUT2D eigenvalue weighted by atomic mass is 14.7. The van der Waals surface area contributed by atoms with E-state index in [9.17, 15) is 0 Å². The van der Waals surface area contributed by atoms with Crippen LogP contribution in [0.25, 0.3) is 0 Å². The van der Waals surface area contributed by atoms with Crippen molar-refractivity contribution in [2.45, 2.75) is 44.6 Å². The summed E-state index contributed by atoms with van der Waals surface area (Å²) in [4.78, 5) is 0. The molecule has 0 aliphatic heterocycles. The number of hydrogen-bond acceptors (Lipinski definition) is 1.